The van der Waals surface area contributed by atoms with Gasteiger partial charge in [0.1, 0.15) is 0 Å². The first-order valence-corrected chi connectivity index (χ1v) is 7.63. The summed E-state index contributed by atoms with van der Waals surface area (Å²) < 4.78 is 0. The van der Waals surface area contributed by atoms with E-state index in [0.29, 0.717) is 18.5 Å². The highest BCUT2D eigenvalue weighted by molar-refractivity contribution is 5.74. The van der Waals surface area contributed by atoms with E-state index in [4.69, 9.17) is 5.11 Å². The number of hydrogen-bond donors (Lipinski definition) is 1. The van der Waals surface area contributed by atoms with Gasteiger partial charge in [0.25, 0.3) is 0 Å². The molecule has 2 aliphatic heterocycles. The standard InChI is InChI=1S/C15H26N2O3/c1-15(2)5-9-17(10-6-15)14(20)16-7-3-12(4-8-16)11-13(18)19/h12H,3-11H2,1-2H3,(H,18,19). The van der Waals surface area contributed by atoms with Crippen LogP contribution in [0.25, 0.3) is 0 Å². The molecular weight excluding hydrogens is 256 g/mol. The van der Waals surface area contributed by atoms with Crippen molar-refractivity contribution in [1.82, 2.24) is 9.80 Å². The number of amides is 2. The number of carboxylic acid groups (broad SMARTS) is 1. The number of likely N-dealkylation sites (tertiary alicyclic amines) is 2. The van der Waals surface area contributed by atoms with Crippen LogP contribution in [0, 0.1) is 11.3 Å². The summed E-state index contributed by atoms with van der Waals surface area (Å²) in [7, 11) is 0. The van der Waals surface area contributed by atoms with Gasteiger partial charge in [-0.2, -0.15) is 0 Å². The number of carboxylic acids is 1. The van der Waals surface area contributed by atoms with Gasteiger partial charge < -0.3 is 14.9 Å². The molecule has 2 heterocycles. The topological polar surface area (TPSA) is 60.9 Å². The molecule has 2 aliphatic rings. The average Bonchev–Trinajstić information content (AvgIpc) is 2.38. The molecule has 0 atom stereocenters. The molecule has 2 fully saturated rings. The highest BCUT2D eigenvalue weighted by atomic mass is 16.4. The first kappa shape index (κ1) is 15.1. The van der Waals surface area contributed by atoms with Gasteiger partial charge in [0.2, 0.25) is 0 Å². The lowest BCUT2D eigenvalue weighted by molar-refractivity contribution is -0.138. The van der Waals surface area contributed by atoms with Crippen LogP contribution in [-0.2, 0) is 4.79 Å². The second-order valence-electron chi connectivity index (χ2n) is 6.96. The summed E-state index contributed by atoms with van der Waals surface area (Å²) in [6, 6.07) is 0.147. The maximum absolute atomic E-state index is 12.4. The second kappa shape index (κ2) is 6.02. The van der Waals surface area contributed by atoms with Gasteiger partial charge in [-0.1, -0.05) is 13.8 Å². The molecule has 0 spiro atoms. The maximum Gasteiger partial charge on any atom is 0.319 e. The van der Waals surface area contributed by atoms with Crippen molar-refractivity contribution >= 4 is 12.0 Å². The quantitative estimate of drug-likeness (QED) is 0.846. The molecule has 114 valence electrons. The van der Waals surface area contributed by atoms with Crippen molar-refractivity contribution in [3.63, 3.8) is 0 Å². The summed E-state index contributed by atoms with van der Waals surface area (Å²) in [4.78, 5) is 27.0. The fourth-order valence-corrected chi connectivity index (χ4v) is 3.08. The van der Waals surface area contributed by atoms with Crippen LogP contribution in [0.2, 0.25) is 0 Å². The number of aliphatic carboxylic acids is 1. The van der Waals surface area contributed by atoms with Crippen molar-refractivity contribution < 1.29 is 14.7 Å². The maximum atomic E-state index is 12.4. The average molecular weight is 282 g/mol. The van der Waals surface area contributed by atoms with E-state index < -0.39 is 5.97 Å². The minimum Gasteiger partial charge on any atom is -0.481 e. The summed E-state index contributed by atoms with van der Waals surface area (Å²) in [5, 5.41) is 8.80. The molecule has 0 aromatic heterocycles. The normalized spacial score (nSPS) is 23.7. The van der Waals surface area contributed by atoms with Crippen molar-refractivity contribution in [1.29, 1.82) is 0 Å². The lowest BCUT2D eigenvalue weighted by atomic mass is 9.83. The van der Waals surface area contributed by atoms with Gasteiger partial charge in [-0.3, -0.25) is 4.79 Å². The van der Waals surface area contributed by atoms with Gasteiger partial charge in [-0.05, 0) is 37.0 Å². The molecule has 20 heavy (non-hydrogen) atoms. The van der Waals surface area contributed by atoms with Crippen LogP contribution in [0.3, 0.4) is 0 Å². The molecule has 0 radical (unpaired) electrons. The van der Waals surface area contributed by atoms with Gasteiger partial charge in [0.15, 0.2) is 0 Å². The first-order chi connectivity index (χ1) is 9.37. The Morgan fingerprint density at radius 1 is 1.05 bits per heavy atom. The Kier molecular flexibility index (Phi) is 4.55. The van der Waals surface area contributed by atoms with Gasteiger partial charge in [-0.25, -0.2) is 4.79 Å². The molecule has 2 saturated heterocycles. The molecule has 0 aromatic carbocycles. The minimum atomic E-state index is -0.729. The number of hydrogen-bond acceptors (Lipinski definition) is 2. The zero-order chi connectivity index (χ0) is 14.8. The molecule has 0 bridgehead atoms. The predicted molar refractivity (Wildman–Crippen MR) is 76.5 cm³/mol. The predicted octanol–water partition coefficient (Wildman–Crippen LogP) is 2.42. The van der Waals surface area contributed by atoms with E-state index in [1.807, 2.05) is 9.80 Å². The second-order valence-corrected chi connectivity index (χ2v) is 6.96. The summed E-state index contributed by atoms with van der Waals surface area (Å²) in [5.74, 6) is -0.495. The minimum absolute atomic E-state index is 0.147. The molecular formula is C15H26N2O3. The number of urea groups is 1. The summed E-state index contributed by atoms with van der Waals surface area (Å²) in [6.45, 7) is 7.62. The summed E-state index contributed by atoms with van der Waals surface area (Å²) in [6.07, 6.45) is 4.00. The Bertz CT molecular complexity index is 363. The van der Waals surface area contributed by atoms with Crippen molar-refractivity contribution in [3.05, 3.63) is 0 Å². The molecule has 0 unspecified atom stereocenters. The molecule has 5 nitrogen and oxygen atoms in total. The Morgan fingerprint density at radius 2 is 1.55 bits per heavy atom. The Balaban J connectivity index is 1.79. The van der Waals surface area contributed by atoms with Crippen LogP contribution in [0.5, 0.6) is 0 Å². The van der Waals surface area contributed by atoms with E-state index in [-0.39, 0.29) is 18.4 Å². The fourth-order valence-electron chi connectivity index (χ4n) is 3.08. The van der Waals surface area contributed by atoms with Crippen molar-refractivity contribution in [2.24, 2.45) is 11.3 Å². The van der Waals surface area contributed by atoms with Gasteiger partial charge >= 0.3 is 12.0 Å². The van der Waals surface area contributed by atoms with Crippen LogP contribution < -0.4 is 0 Å². The van der Waals surface area contributed by atoms with Gasteiger partial charge in [0.05, 0.1) is 0 Å². The number of piperidine rings is 2. The largest absolute Gasteiger partial charge is 0.481 e. The molecule has 0 aromatic rings. The third-order valence-electron chi connectivity index (χ3n) is 4.74. The van der Waals surface area contributed by atoms with Gasteiger partial charge in [0, 0.05) is 32.6 Å². The zero-order valence-corrected chi connectivity index (χ0v) is 12.6. The molecule has 1 N–H and O–H groups in total. The molecule has 2 rings (SSSR count). The number of rotatable bonds is 2. The van der Waals surface area contributed by atoms with Crippen LogP contribution in [-0.4, -0.2) is 53.1 Å². The number of nitrogens with zero attached hydrogens (tertiary/aromatic N) is 2. The highest BCUT2D eigenvalue weighted by Gasteiger charge is 2.31. The summed E-state index contributed by atoms with van der Waals surface area (Å²) in [5.41, 5.74) is 0.352. The third kappa shape index (κ3) is 3.87. The van der Waals surface area contributed by atoms with Crippen LogP contribution >= 0.6 is 0 Å². The Labute approximate surface area is 120 Å². The molecule has 2 amide bonds. The lowest BCUT2D eigenvalue weighted by Crippen LogP contribution is -2.50. The zero-order valence-electron chi connectivity index (χ0n) is 12.6. The van der Waals surface area contributed by atoms with Gasteiger partial charge in [-0.15, -0.1) is 0 Å². The van der Waals surface area contributed by atoms with E-state index in [1.165, 1.54) is 0 Å². The third-order valence-corrected chi connectivity index (χ3v) is 4.74. The van der Waals surface area contributed by atoms with Crippen LogP contribution in [0.15, 0.2) is 0 Å². The van der Waals surface area contributed by atoms with E-state index in [0.717, 1.165) is 38.8 Å². The van der Waals surface area contributed by atoms with E-state index in [9.17, 15) is 9.59 Å². The van der Waals surface area contributed by atoms with Crippen LogP contribution in [0.1, 0.15) is 46.0 Å². The Hall–Kier alpha value is -1.26. The summed E-state index contributed by atoms with van der Waals surface area (Å²) >= 11 is 0. The number of carbonyl (C=O) groups excluding carboxylic acids is 1. The smallest absolute Gasteiger partial charge is 0.319 e. The van der Waals surface area contributed by atoms with Crippen molar-refractivity contribution in [2.45, 2.75) is 46.0 Å². The molecule has 5 heteroatoms. The Morgan fingerprint density at radius 3 is 2.05 bits per heavy atom. The molecule has 0 saturated carbocycles. The van der Waals surface area contributed by atoms with Crippen molar-refractivity contribution in [2.75, 3.05) is 26.2 Å². The SMILES string of the molecule is CC1(C)CCN(C(=O)N2CCC(CC(=O)O)CC2)CC1. The van der Waals surface area contributed by atoms with Crippen LogP contribution in [0.4, 0.5) is 4.79 Å². The molecule has 0 aliphatic carbocycles. The van der Waals surface area contributed by atoms with E-state index in [2.05, 4.69) is 13.8 Å². The van der Waals surface area contributed by atoms with Crippen molar-refractivity contribution in [3.8, 4) is 0 Å². The van der Waals surface area contributed by atoms with E-state index >= 15 is 0 Å². The fraction of sp³-hybridized carbons (Fsp3) is 0.867. The lowest BCUT2D eigenvalue weighted by Gasteiger charge is -2.41. The highest BCUT2D eigenvalue weighted by Crippen LogP contribution is 2.30. The van der Waals surface area contributed by atoms with E-state index in [1.54, 1.807) is 0 Å². The monoisotopic (exact) mass is 282 g/mol. The first-order valence-electron chi connectivity index (χ1n) is 7.63. The number of carbonyl (C=O) groups is 2.